The van der Waals surface area contributed by atoms with Gasteiger partial charge in [-0.05, 0) is 11.6 Å². The summed E-state index contributed by atoms with van der Waals surface area (Å²) in [5.74, 6) is 1.21. The fourth-order valence-corrected chi connectivity index (χ4v) is 3.61. The van der Waals surface area contributed by atoms with Crippen molar-refractivity contribution in [3.8, 4) is 5.75 Å². The molecule has 1 amide bonds. The van der Waals surface area contributed by atoms with E-state index in [1.165, 1.54) is 16.7 Å². The van der Waals surface area contributed by atoms with Crippen LogP contribution in [0, 0.1) is 0 Å². The van der Waals surface area contributed by atoms with E-state index in [0.717, 1.165) is 34.5 Å². The summed E-state index contributed by atoms with van der Waals surface area (Å²) in [5, 5.41) is 0. The molecule has 0 saturated heterocycles. The van der Waals surface area contributed by atoms with Gasteiger partial charge in [-0.15, -0.1) is 11.8 Å². The maximum Gasteiger partial charge on any atom is 0.210 e. The number of rotatable bonds is 6. The number of amides is 1. The number of thioether (sulfide) groups is 1. The van der Waals surface area contributed by atoms with E-state index in [0.29, 0.717) is 11.4 Å². The average molecular weight is 339 g/mol. The molecule has 0 aromatic heterocycles. The van der Waals surface area contributed by atoms with Crippen molar-refractivity contribution < 1.29 is 14.3 Å². The number of ether oxygens (including phenoxy) is 1. The van der Waals surface area contributed by atoms with E-state index in [2.05, 4.69) is 0 Å². The molecule has 2 aromatic carbocycles. The van der Waals surface area contributed by atoms with Crippen LogP contribution >= 0.6 is 11.8 Å². The summed E-state index contributed by atoms with van der Waals surface area (Å²) < 4.78 is 6.10. The second-order valence-corrected chi connectivity index (χ2v) is 6.40. The van der Waals surface area contributed by atoms with Gasteiger partial charge in [0.2, 0.25) is 6.41 Å². The number of carbonyl (C=O) groups is 2. The van der Waals surface area contributed by atoms with Crippen LogP contribution < -0.4 is 4.74 Å². The van der Waals surface area contributed by atoms with Gasteiger partial charge in [0.25, 0.3) is 0 Å². The highest BCUT2D eigenvalue weighted by atomic mass is 32.2. The van der Waals surface area contributed by atoms with Crippen LogP contribution in [0.3, 0.4) is 0 Å². The van der Waals surface area contributed by atoms with E-state index in [9.17, 15) is 9.59 Å². The highest BCUT2D eigenvalue weighted by molar-refractivity contribution is 8.08. The van der Waals surface area contributed by atoms with E-state index in [1.54, 1.807) is 7.05 Å². The highest BCUT2D eigenvalue weighted by Crippen LogP contribution is 2.46. The Morgan fingerprint density at radius 1 is 1.08 bits per heavy atom. The normalized spacial score (nSPS) is 16.1. The molecule has 0 spiro atoms. The molecule has 0 bridgehead atoms. The van der Waals surface area contributed by atoms with Crippen LogP contribution in [0.15, 0.2) is 60.2 Å². The first kappa shape index (κ1) is 16.3. The van der Waals surface area contributed by atoms with Crippen LogP contribution in [0.5, 0.6) is 5.75 Å². The molecule has 1 unspecified atom stereocenters. The molecule has 1 heterocycles. The molecule has 1 aliphatic rings. The summed E-state index contributed by atoms with van der Waals surface area (Å²) in [6, 6.07) is 17.3. The number of aldehydes is 1. The maximum atomic E-state index is 11.8. The van der Waals surface area contributed by atoms with Gasteiger partial charge in [-0.3, -0.25) is 9.59 Å². The van der Waals surface area contributed by atoms with Gasteiger partial charge in [0.15, 0.2) is 12.4 Å². The fourth-order valence-electron chi connectivity index (χ4n) is 2.57. The summed E-state index contributed by atoms with van der Waals surface area (Å²) in [4.78, 5) is 25.1. The summed E-state index contributed by atoms with van der Waals surface area (Å²) in [6.07, 6.45) is 1.19. The zero-order chi connectivity index (χ0) is 16.9. The van der Waals surface area contributed by atoms with Gasteiger partial charge in [-0.25, -0.2) is 0 Å². The van der Waals surface area contributed by atoms with Crippen molar-refractivity contribution in [2.45, 2.75) is 6.10 Å². The lowest BCUT2D eigenvalue weighted by Gasteiger charge is -2.29. The standard InChI is InChI=1S/C19H17NO3S/c1-20(12-22)13-24-19-15-9-5-6-10-17(15)23-18(16(19)11-21)14-7-3-2-4-8-14/h2-12,18H,13H2,1H3. The number of nitrogens with zero attached hydrogens (tertiary/aromatic N) is 1. The summed E-state index contributed by atoms with van der Waals surface area (Å²) >= 11 is 1.47. The van der Waals surface area contributed by atoms with E-state index in [1.807, 2.05) is 54.6 Å². The molecule has 0 saturated carbocycles. The molecule has 5 heteroatoms. The van der Waals surface area contributed by atoms with Crippen LogP contribution in [0.2, 0.25) is 0 Å². The summed E-state index contributed by atoms with van der Waals surface area (Å²) in [7, 11) is 1.71. The monoisotopic (exact) mass is 339 g/mol. The topological polar surface area (TPSA) is 46.6 Å². The van der Waals surface area contributed by atoms with Gasteiger partial charge in [-0.1, -0.05) is 48.5 Å². The Morgan fingerprint density at radius 2 is 1.79 bits per heavy atom. The van der Waals surface area contributed by atoms with E-state index >= 15 is 0 Å². The lowest BCUT2D eigenvalue weighted by molar-refractivity contribution is -0.116. The first-order valence-corrected chi connectivity index (χ1v) is 8.52. The zero-order valence-electron chi connectivity index (χ0n) is 13.2. The van der Waals surface area contributed by atoms with Crippen molar-refractivity contribution in [1.82, 2.24) is 4.90 Å². The Hall–Kier alpha value is -2.53. The third-order valence-corrected chi connectivity index (χ3v) is 5.02. The van der Waals surface area contributed by atoms with Gasteiger partial charge in [-0.2, -0.15) is 0 Å². The third-order valence-electron chi connectivity index (χ3n) is 3.74. The quantitative estimate of drug-likeness (QED) is 0.597. The Labute approximate surface area is 145 Å². The van der Waals surface area contributed by atoms with Crippen molar-refractivity contribution in [3.63, 3.8) is 0 Å². The lowest BCUT2D eigenvalue weighted by Crippen LogP contribution is -2.19. The first-order valence-electron chi connectivity index (χ1n) is 7.53. The van der Waals surface area contributed by atoms with Gasteiger partial charge in [0.05, 0.1) is 11.4 Å². The number of carbonyl (C=O) groups excluding carboxylic acids is 2. The fraction of sp³-hybridized carbons (Fsp3) is 0.158. The Morgan fingerprint density at radius 3 is 2.50 bits per heavy atom. The summed E-state index contributed by atoms with van der Waals surface area (Å²) in [5.41, 5.74) is 2.40. The minimum absolute atomic E-state index is 0.442. The minimum Gasteiger partial charge on any atom is -0.480 e. The third kappa shape index (κ3) is 3.21. The Balaban J connectivity index is 2.07. The molecule has 0 radical (unpaired) electrons. The molecule has 1 aliphatic heterocycles. The molecular formula is C19H17NO3S. The van der Waals surface area contributed by atoms with E-state index < -0.39 is 6.10 Å². The largest absolute Gasteiger partial charge is 0.480 e. The molecule has 1 atom stereocenters. The van der Waals surface area contributed by atoms with Crippen molar-refractivity contribution in [2.75, 3.05) is 12.9 Å². The van der Waals surface area contributed by atoms with E-state index in [-0.39, 0.29) is 0 Å². The molecule has 2 aromatic rings. The minimum atomic E-state index is -0.442. The van der Waals surface area contributed by atoms with Crippen LogP contribution in [0.1, 0.15) is 17.2 Å². The zero-order valence-corrected chi connectivity index (χ0v) is 14.0. The molecule has 4 nitrogen and oxygen atoms in total. The molecule has 0 aliphatic carbocycles. The van der Waals surface area contributed by atoms with Gasteiger partial charge < -0.3 is 9.64 Å². The van der Waals surface area contributed by atoms with Crippen molar-refractivity contribution >= 4 is 29.4 Å². The number of fused-ring (bicyclic) bond motifs is 1. The molecule has 3 rings (SSSR count). The lowest BCUT2D eigenvalue weighted by atomic mass is 9.97. The van der Waals surface area contributed by atoms with Crippen LogP contribution in [0.25, 0.3) is 4.91 Å². The molecule has 0 fully saturated rings. The van der Waals surface area contributed by atoms with Gasteiger partial charge >= 0.3 is 0 Å². The number of benzene rings is 2. The summed E-state index contributed by atoms with van der Waals surface area (Å²) in [6.45, 7) is 0. The smallest absolute Gasteiger partial charge is 0.210 e. The SMILES string of the molecule is CN(C=O)CSC1=C(C=O)C(c2ccccc2)Oc2ccccc21. The van der Waals surface area contributed by atoms with Crippen LogP contribution in [-0.2, 0) is 9.59 Å². The second kappa shape index (κ2) is 7.36. The predicted octanol–water partition coefficient (Wildman–Crippen LogP) is 3.51. The average Bonchev–Trinajstić information content (AvgIpc) is 2.65. The Kier molecular flexibility index (Phi) is 5.01. The number of hydrogen-bond donors (Lipinski definition) is 0. The van der Waals surface area contributed by atoms with Gasteiger partial charge in [0.1, 0.15) is 5.75 Å². The highest BCUT2D eigenvalue weighted by Gasteiger charge is 2.29. The molecular weight excluding hydrogens is 322 g/mol. The van der Waals surface area contributed by atoms with Crippen LogP contribution in [-0.4, -0.2) is 30.5 Å². The maximum absolute atomic E-state index is 11.8. The van der Waals surface area contributed by atoms with Crippen molar-refractivity contribution in [3.05, 3.63) is 71.3 Å². The molecule has 122 valence electrons. The molecule has 0 N–H and O–H groups in total. The number of para-hydroxylation sites is 1. The van der Waals surface area contributed by atoms with E-state index in [4.69, 9.17) is 4.74 Å². The second-order valence-electron chi connectivity index (χ2n) is 5.44. The van der Waals surface area contributed by atoms with Crippen molar-refractivity contribution in [1.29, 1.82) is 0 Å². The van der Waals surface area contributed by atoms with Gasteiger partial charge in [0, 0.05) is 17.5 Å². The number of hydrogen-bond acceptors (Lipinski definition) is 4. The van der Waals surface area contributed by atoms with Crippen LogP contribution in [0.4, 0.5) is 0 Å². The first-order chi connectivity index (χ1) is 11.7. The molecule has 24 heavy (non-hydrogen) atoms. The van der Waals surface area contributed by atoms with Crippen molar-refractivity contribution in [2.24, 2.45) is 0 Å². The Bertz CT molecular complexity index is 773. The predicted molar refractivity (Wildman–Crippen MR) is 95.5 cm³/mol.